The second-order valence-electron chi connectivity index (χ2n) is 3.90. The molecule has 5 nitrogen and oxygen atoms in total. The van der Waals surface area contributed by atoms with Crippen molar-refractivity contribution in [2.24, 2.45) is 0 Å². The fraction of sp³-hybridized carbons (Fsp3) is 0.385. The van der Waals surface area contributed by atoms with Crippen molar-refractivity contribution < 1.29 is 19.8 Å². The summed E-state index contributed by atoms with van der Waals surface area (Å²) >= 11 is 1.63. The minimum absolute atomic E-state index is 0.0608. The number of carbonyl (C=O) groups is 2. The van der Waals surface area contributed by atoms with E-state index in [0.717, 1.165) is 5.75 Å². The minimum atomic E-state index is -1.04. The van der Waals surface area contributed by atoms with Gasteiger partial charge in [-0.2, -0.15) is 11.8 Å². The van der Waals surface area contributed by atoms with Gasteiger partial charge in [0.25, 0.3) is 5.91 Å². The number of carboxylic acids is 1. The van der Waals surface area contributed by atoms with Gasteiger partial charge >= 0.3 is 5.97 Å². The average Bonchev–Trinajstić information content (AvgIpc) is 2.38. The van der Waals surface area contributed by atoms with Gasteiger partial charge in [0, 0.05) is 5.56 Å². The smallest absolute Gasteiger partial charge is 0.326 e. The Hall–Kier alpha value is -1.69. The number of aromatic hydroxyl groups is 1. The maximum absolute atomic E-state index is 11.8. The zero-order valence-electron chi connectivity index (χ0n) is 10.6. The van der Waals surface area contributed by atoms with Crippen LogP contribution >= 0.6 is 11.8 Å². The predicted octanol–water partition coefficient (Wildman–Crippen LogP) is 1.72. The summed E-state index contributed by atoms with van der Waals surface area (Å²) in [5.74, 6) is 0.171. The van der Waals surface area contributed by atoms with Crippen LogP contribution < -0.4 is 5.32 Å². The summed E-state index contributed by atoms with van der Waals surface area (Å²) in [6.07, 6.45) is 0.387. The molecule has 0 bridgehead atoms. The van der Waals surface area contributed by atoms with E-state index in [1.54, 1.807) is 11.8 Å². The molecule has 0 spiro atoms. The lowest BCUT2D eigenvalue weighted by molar-refractivity contribution is -0.139. The van der Waals surface area contributed by atoms with Gasteiger partial charge in [-0.05, 0) is 42.2 Å². The Balaban J connectivity index is 2.60. The fourth-order valence-electron chi connectivity index (χ4n) is 1.46. The summed E-state index contributed by atoms with van der Waals surface area (Å²) in [6.45, 7) is 2.00. The first-order valence-electron chi connectivity index (χ1n) is 5.95. The summed E-state index contributed by atoms with van der Waals surface area (Å²) < 4.78 is 0. The van der Waals surface area contributed by atoms with Crippen LogP contribution in [-0.2, 0) is 4.79 Å². The first-order valence-corrected chi connectivity index (χ1v) is 7.10. The van der Waals surface area contributed by atoms with E-state index in [-0.39, 0.29) is 5.75 Å². The largest absolute Gasteiger partial charge is 0.508 e. The number of amides is 1. The highest BCUT2D eigenvalue weighted by Gasteiger charge is 2.20. The number of phenols is 1. The summed E-state index contributed by atoms with van der Waals surface area (Å²) in [4.78, 5) is 22.9. The molecule has 104 valence electrons. The molecule has 6 heteroatoms. The number of phenolic OH excluding ortho intramolecular Hbond substituents is 1. The predicted molar refractivity (Wildman–Crippen MR) is 74.6 cm³/mol. The molecule has 1 aromatic carbocycles. The zero-order valence-corrected chi connectivity index (χ0v) is 11.4. The van der Waals surface area contributed by atoms with E-state index >= 15 is 0 Å². The van der Waals surface area contributed by atoms with Crippen molar-refractivity contribution in [3.8, 4) is 5.75 Å². The Morgan fingerprint density at radius 2 is 1.95 bits per heavy atom. The number of rotatable bonds is 7. The van der Waals surface area contributed by atoms with Gasteiger partial charge in [-0.3, -0.25) is 4.79 Å². The first-order chi connectivity index (χ1) is 9.04. The topological polar surface area (TPSA) is 86.6 Å². The van der Waals surface area contributed by atoms with Crippen LogP contribution in [-0.4, -0.2) is 39.6 Å². The molecule has 19 heavy (non-hydrogen) atoms. The van der Waals surface area contributed by atoms with Crippen molar-refractivity contribution >= 4 is 23.6 Å². The van der Waals surface area contributed by atoms with Gasteiger partial charge in [0.2, 0.25) is 0 Å². The molecule has 0 unspecified atom stereocenters. The van der Waals surface area contributed by atoms with Gasteiger partial charge in [0.1, 0.15) is 11.8 Å². The van der Waals surface area contributed by atoms with Crippen molar-refractivity contribution in [2.75, 3.05) is 11.5 Å². The normalized spacial score (nSPS) is 11.8. The standard InChI is InChI=1S/C13H17NO4S/c1-2-19-8-7-11(13(17)18)14-12(16)9-3-5-10(15)6-4-9/h3-6,11,15H,2,7-8H2,1H3,(H,14,16)(H,17,18)/t11-/m0/s1. The lowest BCUT2D eigenvalue weighted by Crippen LogP contribution is -2.41. The number of thioether (sulfide) groups is 1. The van der Waals surface area contributed by atoms with Gasteiger partial charge in [-0.1, -0.05) is 6.92 Å². The molecule has 0 aliphatic carbocycles. The molecule has 1 rings (SSSR count). The van der Waals surface area contributed by atoms with Crippen LogP contribution in [0.2, 0.25) is 0 Å². The highest BCUT2D eigenvalue weighted by molar-refractivity contribution is 7.99. The van der Waals surface area contributed by atoms with Crippen LogP contribution in [0.25, 0.3) is 0 Å². The molecule has 0 heterocycles. The molecule has 1 amide bonds. The van der Waals surface area contributed by atoms with E-state index in [0.29, 0.717) is 17.7 Å². The van der Waals surface area contributed by atoms with E-state index < -0.39 is 17.9 Å². The number of nitrogens with one attached hydrogen (secondary N) is 1. The molecule has 0 aliphatic heterocycles. The minimum Gasteiger partial charge on any atom is -0.508 e. The van der Waals surface area contributed by atoms with Gasteiger partial charge in [0.05, 0.1) is 0 Å². The number of hydrogen-bond donors (Lipinski definition) is 3. The molecule has 0 radical (unpaired) electrons. The SMILES string of the molecule is CCSCC[C@H](NC(=O)c1ccc(O)cc1)C(=O)O. The highest BCUT2D eigenvalue weighted by atomic mass is 32.2. The van der Waals surface area contributed by atoms with E-state index in [1.165, 1.54) is 24.3 Å². The number of benzene rings is 1. The van der Waals surface area contributed by atoms with E-state index in [9.17, 15) is 9.59 Å². The van der Waals surface area contributed by atoms with Gasteiger partial charge < -0.3 is 15.5 Å². The van der Waals surface area contributed by atoms with Crippen LogP contribution in [0.5, 0.6) is 5.75 Å². The Morgan fingerprint density at radius 3 is 2.47 bits per heavy atom. The molecule has 0 aromatic heterocycles. The lowest BCUT2D eigenvalue weighted by Gasteiger charge is -2.14. The van der Waals surface area contributed by atoms with Crippen LogP contribution in [0, 0.1) is 0 Å². The van der Waals surface area contributed by atoms with Crippen LogP contribution in [0.4, 0.5) is 0 Å². The number of carbonyl (C=O) groups excluding carboxylic acids is 1. The Bertz CT molecular complexity index is 433. The van der Waals surface area contributed by atoms with Crippen molar-refractivity contribution in [3.63, 3.8) is 0 Å². The zero-order chi connectivity index (χ0) is 14.3. The second kappa shape index (κ2) is 7.68. The van der Waals surface area contributed by atoms with Crippen molar-refractivity contribution in [1.29, 1.82) is 0 Å². The second-order valence-corrected chi connectivity index (χ2v) is 5.29. The summed E-state index contributed by atoms with van der Waals surface area (Å²) in [7, 11) is 0. The van der Waals surface area contributed by atoms with E-state index in [4.69, 9.17) is 10.2 Å². The van der Waals surface area contributed by atoms with E-state index in [1.807, 2.05) is 6.92 Å². The van der Waals surface area contributed by atoms with Gasteiger partial charge in [0.15, 0.2) is 0 Å². The Labute approximate surface area is 116 Å². The molecule has 0 saturated heterocycles. The summed E-state index contributed by atoms with van der Waals surface area (Å²) in [5, 5.41) is 20.6. The third kappa shape index (κ3) is 5.21. The van der Waals surface area contributed by atoms with Crippen LogP contribution in [0.3, 0.4) is 0 Å². The molecule has 0 fully saturated rings. The quantitative estimate of drug-likeness (QED) is 0.663. The van der Waals surface area contributed by atoms with Crippen molar-refractivity contribution in [1.82, 2.24) is 5.32 Å². The molecular weight excluding hydrogens is 266 g/mol. The molecular formula is C13H17NO4S. The third-order valence-corrected chi connectivity index (χ3v) is 3.42. The number of hydrogen-bond acceptors (Lipinski definition) is 4. The van der Waals surface area contributed by atoms with Crippen LogP contribution in [0.15, 0.2) is 24.3 Å². The lowest BCUT2D eigenvalue weighted by atomic mass is 10.1. The summed E-state index contributed by atoms with van der Waals surface area (Å²) in [5.41, 5.74) is 0.326. The molecule has 0 saturated carbocycles. The Kier molecular flexibility index (Phi) is 6.21. The Morgan fingerprint density at radius 1 is 1.32 bits per heavy atom. The third-order valence-electron chi connectivity index (χ3n) is 2.49. The molecule has 1 aromatic rings. The van der Waals surface area contributed by atoms with Crippen LogP contribution in [0.1, 0.15) is 23.7 Å². The van der Waals surface area contributed by atoms with Gasteiger partial charge in [-0.15, -0.1) is 0 Å². The maximum atomic E-state index is 11.8. The average molecular weight is 283 g/mol. The highest BCUT2D eigenvalue weighted by Crippen LogP contribution is 2.10. The van der Waals surface area contributed by atoms with Crippen molar-refractivity contribution in [3.05, 3.63) is 29.8 Å². The first kappa shape index (κ1) is 15.4. The maximum Gasteiger partial charge on any atom is 0.326 e. The molecule has 0 aliphatic rings. The monoisotopic (exact) mass is 283 g/mol. The number of carboxylic acid groups (broad SMARTS) is 1. The van der Waals surface area contributed by atoms with Gasteiger partial charge in [-0.25, -0.2) is 4.79 Å². The van der Waals surface area contributed by atoms with E-state index in [2.05, 4.69) is 5.32 Å². The molecule has 1 atom stereocenters. The fourth-order valence-corrected chi connectivity index (χ4v) is 2.15. The molecule has 3 N–H and O–H groups in total. The van der Waals surface area contributed by atoms with Crippen molar-refractivity contribution in [2.45, 2.75) is 19.4 Å². The summed E-state index contributed by atoms with van der Waals surface area (Å²) in [6, 6.07) is 4.78. The number of aliphatic carboxylic acids is 1.